The minimum absolute atomic E-state index is 0.0577. The summed E-state index contributed by atoms with van der Waals surface area (Å²) >= 11 is 0. The Labute approximate surface area is 173 Å². The van der Waals surface area contributed by atoms with Gasteiger partial charge in [-0.2, -0.15) is 0 Å². The Hall–Kier alpha value is -3.14. The predicted molar refractivity (Wildman–Crippen MR) is 116 cm³/mol. The first-order valence-electron chi connectivity index (χ1n) is 9.83. The second-order valence-electron chi connectivity index (χ2n) is 8.31. The normalized spacial score (nSPS) is 12.3. The van der Waals surface area contributed by atoms with Crippen LogP contribution in [0.2, 0.25) is 0 Å². The number of hydrogen-bond acceptors (Lipinski definition) is 3. The van der Waals surface area contributed by atoms with Gasteiger partial charge >= 0.3 is 0 Å². The van der Waals surface area contributed by atoms with Crippen LogP contribution in [-0.4, -0.2) is 22.0 Å². The molecule has 1 amide bonds. The van der Waals surface area contributed by atoms with Crippen molar-refractivity contribution in [2.24, 2.45) is 5.41 Å². The van der Waals surface area contributed by atoms with E-state index in [-0.39, 0.29) is 11.3 Å². The van der Waals surface area contributed by atoms with Crippen LogP contribution in [0.1, 0.15) is 42.3 Å². The van der Waals surface area contributed by atoms with Gasteiger partial charge in [-0.25, -0.2) is 0 Å². The lowest BCUT2D eigenvalue weighted by molar-refractivity contribution is -0.0403. The number of hydrogen-bond donors (Lipinski definition) is 0. The molecule has 150 valence electrons. The summed E-state index contributed by atoms with van der Waals surface area (Å²) in [6.07, 6.45) is 2.91. The molecular weight excluding hydrogens is 360 g/mol. The Kier molecular flexibility index (Phi) is 6.32. The van der Waals surface area contributed by atoms with Crippen LogP contribution in [-0.2, 0) is 6.54 Å². The molecule has 29 heavy (non-hydrogen) atoms. The average molecular weight is 389 g/mol. The second kappa shape index (κ2) is 8.91. The van der Waals surface area contributed by atoms with Crippen molar-refractivity contribution in [1.82, 2.24) is 9.88 Å². The van der Waals surface area contributed by atoms with Crippen LogP contribution >= 0.6 is 0 Å². The summed E-state index contributed by atoms with van der Waals surface area (Å²) in [5.41, 5.74) is 2.51. The molecule has 4 heteroatoms. The number of ether oxygens (including phenoxy) is 1. The molecule has 3 rings (SSSR count). The van der Waals surface area contributed by atoms with Gasteiger partial charge in [0, 0.05) is 23.7 Å². The third-order valence-electron chi connectivity index (χ3n) is 4.66. The van der Waals surface area contributed by atoms with Crippen LogP contribution in [0.15, 0.2) is 79.1 Å². The van der Waals surface area contributed by atoms with E-state index in [1.807, 2.05) is 78.6 Å². The van der Waals surface area contributed by atoms with Gasteiger partial charge in [-0.05, 0) is 36.8 Å². The molecule has 1 aromatic heterocycles. The van der Waals surface area contributed by atoms with Crippen LogP contribution < -0.4 is 4.74 Å². The third kappa shape index (κ3) is 5.44. The smallest absolute Gasteiger partial charge is 0.257 e. The minimum Gasteiger partial charge on any atom is -0.468 e. The summed E-state index contributed by atoms with van der Waals surface area (Å²) in [5.74, 6) is 0.583. The zero-order valence-electron chi connectivity index (χ0n) is 17.5. The molecule has 4 nitrogen and oxygen atoms in total. The van der Waals surface area contributed by atoms with E-state index in [4.69, 9.17) is 4.74 Å². The monoisotopic (exact) mass is 388 g/mol. The van der Waals surface area contributed by atoms with Crippen LogP contribution in [0.3, 0.4) is 0 Å². The topological polar surface area (TPSA) is 42.4 Å². The molecule has 0 N–H and O–H groups in total. The summed E-state index contributed by atoms with van der Waals surface area (Å²) in [4.78, 5) is 19.5. The number of aryl methyl sites for hydroxylation is 1. The first-order chi connectivity index (χ1) is 13.8. The van der Waals surface area contributed by atoms with E-state index in [1.165, 1.54) is 0 Å². The molecule has 0 fully saturated rings. The Morgan fingerprint density at radius 2 is 1.69 bits per heavy atom. The third-order valence-corrected chi connectivity index (χ3v) is 4.66. The highest BCUT2D eigenvalue weighted by Gasteiger charge is 2.36. The summed E-state index contributed by atoms with van der Waals surface area (Å²) < 4.78 is 6.32. The lowest BCUT2D eigenvalue weighted by Gasteiger charge is -2.40. The zero-order valence-corrected chi connectivity index (χ0v) is 17.5. The summed E-state index contributed by atoms with van der Waals surface area (Å²) in [6.45, 7) is 8.70. The fraction of sp³-hybridized carbons (Fsp3) is 0.280. The molecule has 0 bridgehead atoms. The Morgan fingerprint density at radius 1 is 1.00 bits per heavy atom. The van der Waals surface area contributed by atoms with Gasteiger partial charge in [0.2, 0.25) is 0 Å². The van der Waals surface area contributed by atoms with Crippen LogP contribution in [0.5, 0.6) is 5.75 Å². The fourth-order valence-electron chi connectivity index (χ4n) is 3.16. The molecule has 0 aliphatic rings. The van der Waals surface area contributed by atoms with Gasteiger partial charge in [0.25, 0.3) is 5.91 Å². The SMILES string of the molecule is Cc1ccc(C(=O)N(Cc2ccccc2)C(Oc2cccnc2)C(C)(C)C)cc1. The van der Waals surface area contributed by atoms with Crippen molar-refractivity contribution in [3.05, 3.63) is 95.8 Å². The minimum atomic E-state index is -0.472. The molecule has 1 heterocycles. The van der Waals surface area contributed by atoms with E-state index in [2.05, 4.69) is 25.8 Å². The molecule has 0 saturated carbocycles. The van der Waals surface area contributed by atoms with Gasteiger partial charge in [0.15, 0.2) is 6.23 Å². The van der Waals surface area contributed by atoms with Gasteiger partial charge in [-0.3, -0.25) is 14.7 Å². The number of carbonyl (C=O) groups excluding carboxylic acids is 1. The molecule has 1 unspecified atom stereocenters. The largest absolute Gasteiger partial charge is 0.468 e. The number of benzene rings is 2. The van der Waals surface area contributed by atoms with E-state index in [0.717, 1.165) is 11.1 Å². The molecule has 0 aliphatic heterocycles. The van der Waals surface area contributed by atoms with Gasteiger partial charge in [0.05, 0.1) is 6.20 Å². The summed E-state index contributed by atoms with van der Waals surface area (Å²) in [6, 6.07) is 21.4. The van der Waals surface area contributed by atoms with Gasteiger partial charge in [-0.15, -0.1) is 0 Å². The van der Waals surface area contributed by atoms with Crippen molar-refractivity contribution < 1.29 is 9.53 Å². The molecular formula is C25H28N2O2. The first kappa shape index (κ1) is 20.6. The van der Waals surface area contributed by atoms with Crippen molar-refractivity contribution in [2.45, 2.75) is 40.5 Å². The number of carbonyl (C=O) groups is 1. The maximum atomic E-state index is 13.6. The van der Waals surface area contributed by atoms with Crippen molar-refractivity contribution >= 4 is 5.91 Å². The van der Waals surface area contributed by atoms with E-state index >= 15 is 0 Å². The van der Waals surface area contributed by atoms with Crippen molar-refractivity contribution in [1.29, 1.82) is 0 Å². The quantitative estimate of drug-likeness (QED) is 0.525. The van der Waals surface area contributed by atoms with E-state index < -0.39 is 6.23 Å². The summed E-state index contributed by atoms with van der Waals surface area (Å²) in [5, 5.41) is 0. The Bertz CT molecular complexity index is 917. The zero-order chi connectivity index (χ0) is 20.9. The van der Waals surface area contributed by atoms with E-state index in [0.29, 0.717) is 17.9 Å². The maximum absolute atomic E-state index is 13.6. The highest BCUT2D eigenvalue weighted by atomic mass is 16.5. The highest BCUT2D eigenvalue weighted by Crippen LogP contribution is 2.30. The van der Waals surface area contributed by atoms with Gasteiger partial charge in [-0.1, -0.05) is 68.8 Å². The predicted octanol–water partition coefficient (Wildman–Crippen LogP) is 5.48. The number of pyridine rings is 1. The Morgan fingerprint density at radius 3 is 2.28 bits per heavy atom. The molecule has 0 spiro atoms. The van der Waals surface area contributed by atoms with Crippen molar-refractivity contribution in [3.63, 3.8) is 0 Å². The second-order valence-corrected chi connectivity index (χ2v) is 8.31. The van der Waals surface area contributed by atoms with E-state index in [9.17, 15) is 4.79 Å². The van der Waals surface area contributed by atoms with Crippen LogP contribution in [0, 0.1) is 12.3 Å². The first-order valence-corrected chi connectivity index (χ1v) is 9.83. The molecule has 0 saturated heterocycles. The lowest BCUT2D eigenvalue weighted by atomic mass is 9.92. The summed E-state index contributed by atoms with van der Waals surface area (Å²) in [7, 11) is 0. The van der Waals surface area contributed by atoms with Gasteiger partial charge in [0.1, 0.15) is 5.75 Å². The van der Waals surface area contributed by atoms with Crippen molar-refractivity contribution in [3.8, 4) is 5.75 Å². The van der Waals surface area contributed by atoms with Crippen molar-refractivity contribution in [2.75, 3.05) is 0 Å². The number of aromatic nitrogens is 1. The lowest BCUT2D eigenvalue weighted by Crippen LogP contribution is -2.50. The fourth-order valence-corrected chi connectivity index (χ4v) is 3.16. The standard InChI is InChI=1S/C25H28N2O2/c1-19-12-14-21(15-13-19)23(28)27(18-20-9-6-5-7-10-20)24(25(2,3)4)29-22-11-8-16-26-17-22/h5-17,24H,18H2,1-4H3. The number of amides is 1. The van der Waals surface area contributed by atoms with Crippen LogP contribution in [0.25, 0.3) is 0 Å². The number of nitrogens with zero attached hydrogens (tertiary/aromatic N) is 2. The molecule has 0 aliphatic carbocycles. The molecule has 1 atom stereocenters. The molecule has 3 aromatic rings. The average Bonchev–Trinajstić information content (AvgIpc) is 2.71. The van der Waals surface area contributed by atoms with Crippen LogP contribution in [0.4, 0.5) is 0 Å². The van der Waals surface area contributed by atoms with Gasteiger partial charge < -0.3 is 4.74 Å². The molecule has 2 aromatic carbocycles. The highest BCUT2D eigenvalue weighted by molar-refractivity contribution is 5.94. The Balaban J connectivity index is 2.00. The van der Waals surface area contributed by atoms with E-state index in [1.54, 1.807) is 12.4 Å². The molecule has 0 radical (unpaired) electrons. The maximum Gasteiger partial charge on any atom is 0.257 e. The number of rotatable bonds is 6.